The molecule has 9 nitrogen and oxygen atoms in total. The van der Waals surface area contributed by atoms with Crippen LogP contribution < -0.4 is 10.2 Å². The monoisotopic (exact) mass is 399 g/mol. The van der Waals surface area contributed by atoms with Crippen LogP contribution in [0.15, 0.2) is 18.2 Å². The zero-order valence-electron chi connectivity index (χ0n) is 15.8. The van der Waals surface area contributed by atoms with Crippen LogP contribution in [0.3, 0.4) is 0 Å². The van der Waals surface area contributed by atoms with E-state index in [9.17, 15) is 19.7 Å². The first-order valence-electron chi connectivity index (χ1n) is 8.54. The van der Waals surface area contributed by atoms with E-state index in [4.69, 9.17) is 0 Å². The first kappa shape index (κ1) is 22.7. The molecule has 1 N–H and O–H groups in total. The Bertz CT molecular complexity index is 692. The van der Waals surface area contributed by atoms with Crippen molar-refractivity contribution in [1.82, 2.24) is 15.1 Å². The Morgan fingerprint density at radius 1 is 1.26 bits per heavy atom. The van der Waals surface area contributed by atoms with Crippen LogP contribution in [0, 0.1) is 10.1 Å². The SMILES string of the molecule is CNCCN(C)C(=O)c1ccc(N2CCN(C(C)=O)CC2)c([N+](=O)[O-])c1.Cl. The first-order chi connectivity index (χ1) is 12.3. The predicted octanol–water partition coefficient (Wildman–Crippen LogP) is 0.976. The van der Waals surface area contributed by atoms with E-state index in [1.165, 1.54) is 17.9 Å². The maximum Gasteiger partial charge on any atom is 0.293 e. The summed E-state index contributed by atoms with van der Waals surface area (Å²) in [5, 5.41) is 14.5. The van der Waals surface area contributed by atoms with Crippen molar-refractivity contribution >= 4 is 35.6 Å². The average molecular weight is 400 g/mol. The zero-order valence-corrected chi connectivity index (χ0v) is 16.6. The van der Waals surface area contributed by atoms with Crippen molar-refractivity contribution in [2.24, 2.45) is 0 Å². The number of anilines is 1. The molecule has 1 aromatic rings. The van der Waals surface area contributed by atoms with E-state index in [0.717, 1.165) is 0 Å². The lowest BCUT2D eigenvalue weighted by Crippen LogP contribution is -2.48. The Hall–Kier alpha value is -2.39. The number of nitro benzene ring substituents is 1. The van der Waals surface area contributed by atoms with Gasteiger partial charge in [0.25, 0.3) is 11.6 Å². The molecule has 2 amide bonds. The Morgan fingerprint density at radius 3 is 2.41 bits per heavy atom. The number of nitrogens with zero attached hydrogens (tertiary/aromatic N) is 4. The molecular weight excluding hydrogens is 374 g/mol. The van der Waals surface area contributed by atoms with Gasteiger partial charge in [0, 0.05) is 64.9 Å². The highest BCUT2D eigenvalue weighted by Crippen LogP contribution is 2.30. The predicted molar refractivity (Wildman–Crippen MR) is 106 cm³/mol. The van der Waals surface area contributed by atoms with Gasteiger partial charge in [0.2, 0.25) is 5.91 Å². The van der Waals surface area contributed by atoms with Crippen LogP contribution in [0.2, 0.25) is 0 Å². The Balaban J connectivity index is 0.00000364. The molecule has 0 spiro atoms. The normalized spacial score (nSPS) is 13.7. The van der Waals surface area contributed by atoms with Gasteiger partial charge in [0.1, 0.15) is 5.69 Å². The van der Waals surface area contributed by atoms with Crippen LogP contribution in [0.25, 0.3) is 0 Å². The van der Waals surface area contributed by atoms with Crippen LogP contribution in [-0.2, 0) is 4.79 Å². The fourth-order valence-electron chi connectivity index (χ4n) is 2.93. The third kappa shape index (κ3) is 5.54. The summed E-state index contributed by atoms with van der Waals surface area (Å²) in [4.78, 5) is 40.1. The number of amides is 2. The van der Waals surface area contributed by atoms with Crippen LogP contribution >= 0.6 is 12.4 Å². The van der Waals surface area contributed by atoms with E-state index in [1.54, 1.807) is 31.1 Å². The smallest absolute Gasteiger partial charge is 0.293 e. The lowest BCUT2D eigenvalue weighted by atomic mass is 10.1. The zero-order chi connectivity index (χ0) is 19.3. The number of hydrogen-bond donors (Lipinski definition) is 1. The molecule has 1 aliphatic heterocycles. The number of hydrogen-bond acceptors (Lipinski definition) is 6. The van der Waals surface area contributed by atoms with Crippen LogP contribution in [0.5, 0.6) is 0 Å². The second kappa shape index (κ2) is 10.1. The van der Waals surface area contributed by atoms with Crippen LogP contribution in [0.4, 0.5) is 11.4 Å². The van der Waals surface area contributed by atoms with E-state index < -0.39 is 4.92 Å². The molecular formula is C17H26ClN5O4. The molecule has 10 heteroatoms. The van der Waals surface area contributed by atoms with Gasteiger partial charge >= 0.3 is 0 Å². The standard InChI is InChI=1S/C17H25N5O4.ClH/c1-13(23)20-8-10-21(11-9-20)15-5-4-14(12-16(15)22(25)26)17(24)19(3)7-6-18-2;/h4-5,12,18H,6-11H2,1-3H3;1H. The molecule has 27 heavy (non-hydrogen) atoms. The summed E-state index contributed by atoms with van der Waals surface area (Å²) in [6, 6.07) is 4.59. The number of carbonyl (C=O) groups is 2. The molecule has 2 rings (SSSR count). The molecule has 1 fully saturated rings. The molecule has 1 saturated heterocycles. The van der Waals surface area contributed by atoms with Crippen molar-refractivity contribution in [3.05, 3.63) is 33.9 Å². The average Bonchev–Trinajstić information content (AvgIpc) is 2.65. The summed E-state index contributed by atoms with van der Waals surface area (Å²) in [5.41, 5.74) is 0.684. The summed E-state index contributed by atoms with van der Waals surface area (Å²) in [6.07, 6.45) is 0. The second-order valence-corrected chi connectivity index (χ2v) is 6.28. The number of benzene rings is 1. The number of likely N-dealkylation sites (N-methyl/N-ethyl adjacent to an activating group) is 2. The van der Waals surface area contributed by atoms with Gasteiger partial charge in [-0.15, -0.1) is 12.4 Å². The van der Waals surface area contributed by atoms with E-state index in [1.807, 2.05) is 4.90 Å². The minimum Gasteiger partial charge on any atom is -0.362 e. The number of piperazine rings is 1. The molecule has 0 radical (unpaired) electrons. The molecule has 0 bridgehead atoms. The van der Waals surface area contributed by atoms with Gasteiger partial charge in [-0.2, -0.15) is 0 Å². The minimum absolute atomic E-state index is 0. The molecule has 0 unspecified atom stereocenters. The van der Waals surface area contributed by atoms with E-state index in [-0.39, 0.29) is 29.9 Å². The molecule has 1 heterocycles. The van der Waals surface area contributed by atoms with Gasteiger partial charge in [0.15, 0.2) is 0 Å². The summed E-state index contributed by atoms with van der Waals surface area (Å²) in [5.74, 6) is -0.249. The van der Waals surface area contributed by atoms with Gasteiger partial charge < -0.3 is 20.0 Å². The lowest BCUT2D eigenvalue weighted by Gasteiger charge is -2.35. The Kier molecular flexibility index (Phi) is 8.45. The highest BCUT2D eigenvalue weighted by Gasteiger charge is 2.26. The largest absolute Gasteiger partial charge is 0.362 e. The quantitative estimate of drug-likeness (QED) is 0.565. The van der Waals surface area contributed by atoms with E-state index >= 15 is 0 Å². The highest BCUT2D eigenvalue weighted by molar-refractivity contribution is 5.95. The molecule has 0 saturated carbocycles. The maximum atomic E-state index is 12.4. The summed E-state index contributed by atoms with van der Waals surface area (Å²) in [7, 11) is 3.46. The number of halogens is 1. The molecule has 150 valence electrons. The number of rotatable bonds is 6. The molecule has 0 aliphatic carbocycles. The van der Waals surface area contributed by atoms with Crippen molar-refractivity contribution in [3.8, 4) is 0 Å². The summed E-state index contributed by atoms with van der Waals surface area (Å²) >= 11 is 0. The topological polar surface area (TPSA) is 99.0 Å². The van der Waals surface area contributed by atoms with Crippen molar-refractivity contribution in [1.29, 1.82) is 0 Å². The number of nitro groups is 1. The van der Waals surface area contributed by atoms with Crippen molar-refractivity contribution in [3.63, 3.8) is 0 Å². The van der Waals surface area contributed by atoms with Crippen molar-refractivity contribution < 1.29 is 14.5 Å². The summed E-state index contributed by atoms with van der Waals surface area (Å²) < 4.78 is 0. The third-order valence-electron chi connectivity index (χ3n) is 4.53. The van der Waals surface area contributed by atoms with Crippen molar-refractivity contribution in [2.75, 3.05) is 58.3 Å². The fourth-order valence-corrected chi connectivity index (χ4v) is 2.93. The second-order valence-electron chi connectivity index (χ2n) is 6.28. The third-order valence-corrected chi connectivity index (χ3v) is 4.53. The molecule has 0 atom stereocenters. The van der Waals surface area contributed by atoms with Gasteiger partial charge in [-0.1, -0.05) is 0 Å². The Morgan fingerprint density at radius 2 is 1.89 bits per heavy atom. The van der Waals surface area contributed by atoms with Crippen LogP contribution in [-0.4, -0.2) is 79.9 Å². The fraction of sp³-hybridized carbons (Fsp3) is 0.529. The summed E-state index contributed by atoms with van der Waals surface area (Å²) in [6.45, 7) is 4.77. The molecule has 0 aromatic heterocycles. The van der Waals surface area contributed by atoms with Crippen molar-refractivity contribution in [2.45, 2.75) is 6.92 Å². The van der Waals surface area contributed by atoms with Gasteiger partial charge in [-0.3, -0.25) is 19.7 Å². The maximum absolute atomic E-state index is 12.4. The van der Waals surface area contributed by atoms with E-state index in [0.29, 0.717) is 50.5 Å². The van der Waals surface area contributed by atoms with Gasteiger partial charge in [-0.05, 0) is 19.2 Å². The lowest BCUT2D eigenvalue weighted by molar-refractivity contribution is -0.384. The Labute approximate surface area is 164 Å². The van der Waals surface area contributed by atoms with Crippen LogP contribution in [0.1, 0.15) is 17.3 Å². The molecule has 1 aromatic carbocycles. The minimum atomic E-state index is -0.461. The van der Waals surface area contributed by atoms with Gasteiger partial charge in [0.05, 0.1) is 4.92 Å². The highest BCUT2D eigenvalue weighted by atomic mass is 35.5. The van der Waals surface area contributed by atoms with Gasteiger partial charge in [-0.25, -0.2) is 0 Å². The van der Waals surface area contributed by atoms with E-state index in [2.05, 4.69) is 5.32 Å². The molecule has 1 aliphatic rings. The first-order valence-corrected chi connectivity index (χ1v) is 8.54. The number of carbonyl (C=O) groups excluding carboxylic acids is 2. The number of nitrogens with one attached hydrogen (secondary N) is 1.